The number of halogens is 3. The molecular weight excluding hydrogens is 850 g/mol. The normalized spacial score (nSPS) is 27.6. The summed E-state index contributed by atoms with van der Waals surface area (Å²) in [6.07, 6.45) is 12.2. The molecule has 0 amide bonds. The van der Waals surface area contributed by atoms with Crippen LogP contribution in [0.15, 0.2) is 54.6 Å². The van der Waals surface area contributed by atoms with Crippen molar-refractivity contribution >= 4 is 0 Å². The van der Waals surface area contributed by atoms with Gasteiger partial charge in [-0.25, -0.2) is 13.2 Å². The molecule has 6 nitrogen and oxygen atoms in total. The molecule has 0 bridgehead atoms. The molecule has 4 aliphatic heterocycles. The first-order chi connectivity index (χ1) is 31.5. The highest BCUT2D eigenvalue weighted by Gasteiger charge is 2.16. The van der Waals surface area contributed by atoms with E-state index < -0.39 is 11.6 Å². The zero-order chi connectivity index (χ0) is 50.5. The maximum atomic E-state index is 12.6. The molecule has 3 aromatic carbocycles. The fourth-order valence-electron chi connectivity index (χ4n) is 6.95. The van der Waals surface area contributed by atoms with E-state index in [2.05, 4.69) is 93.5 Å². The van der Waals surface area contributed by atoms with Crippen LogP contribution in [0, 0.1) is 94.5 Å². The molecule has 5 fully saturated rings. The van der Waals surface area contributed by atoms with Gasteiger partial charge >= 0.3 is 0 Å². The quantitative estimate of drug-likeness (QED) is 0.224. The second-order valence-electron chi connectivity index (χ2n) is 20.5. The monoisotopic (exact) mass is 945 g/mol. The van der Waals surface area contributed by atoms with Crippen LogP contribution in [0.3, 0.4) is 0 Å². The van der Waals surface area contributed by atoms with Gasteiger partial charge in [0.15, 0.2) is 12.6 Å². The fraction of sp³-hybridized carbons (Fsp3) is 0.690. The van der Waals surface area contributed by atoms with Crippen LogP contribution in [-0.2, 0) is 28.4 Å². The van der Waals surface area contributed by atoms with Crippen LogP contribution in [-0.4, -0.2) is 64.4 Å². The molecule has 4 unspecified atom stereocenters. The third-order valence-corrected chi connectivity index (χ3v) is 12.2. The maximum Gasteiger partial charge on any atom is 0.154 e. The van der Waals surface area contributed by atoms with Gasteiger partial charge in [-0.05, 0) is 153 Å². The molecule has 3 aromatic rings. The predicted molar refractivity (Wildman–Crippen MR) is 273 cm³/mol. The minimum atomic E-state index is -0.475. The molecule has 4 heterocycles. The van der Waals surface area contributed by atoms with Gasteiger partial charge in [0, 0.05) is 30.6 Å². The van der Waals surface area contributed by atoms with Crippen molar-refractivity contribution in [1.82, 2.24) is 0 Å². The third kappa shape index (κ3) is 31.9. The van der Waals surface area contributed by atoms with Crippen LogP contribution >= 0.6 is 0 Å². The summed E-state index contributed by atoms with van der Waals surface area (Å²) < 4.78 is 69.2. The molecule has 0 N–H and O–H groups in total. The summed E-state index contributed by atoms with van der Waals surface area (Å²) in [5, 5.41) is 0. The van der Waals surface area contributed by atoms with Crippen molar-refractivity contribution in [2.45, 2.75) is 187 Å². The van der Waals surface area contributed by atoms with Crippen LogP contribution in [0.4, 0.5) is 13.2 Å². The minimum absolute atomic E-state index is 0.0196. The first-order valence-corrected chi connectivity index (χ1v) is 25.4. The molecule has 9 heteroatoms. The largest absolute Gasteiger partial charge is 0.378 e. The Morgan fingerprint density at radius 1 is 0.328 bits per heavy atom. The Balaban J connectivity index is 0.000000383. The lowest BCUT2D eigenvalue weighted by Crippen LogP contribution is -2.27. The van der Waals surface area contributed by atoms with Crippen molar-refractivity contribution in [3.63, 3.8) is 0 Å². The molecule has 1 saturated carbocycles. The Morgan fingerprint density at radius 3 is 0.896 bits per heavy atom. The van der Waals surface area contributed by atoms with Crippen LogP contribution in [0.2, 0.25) is 0 Å². The Labute approximate surface area is 407 Å². The lowest BCUT2D eigenvalue weighted by atomic mass is 9.84. The van der Waals surface area contributed by atoms with Gasteiger partial charge in [0.25, 0.3) is 0 Å². The van der Waals surface area contributed by atoms with Crippen molar-refractivity contribution in [1.29, 1.82) is 0 Å². The first-order valence-electron chi connectivity index (χ1n) is 25.4. The molecule has 0 radical (unpaired) electrons. The zero-order valence-electron chi connectivity index (χ0n) is 45.0. The van der Waals surface area contributed by atoms with Crippen LogP contribution in [0.5, 0.6) is 0 Å². The van der Waals surface area contributed by atoms with Crippen molar-refractivity contribution in [3.8, 4) is 0 Å². The molecule has 4 saturated heterocycles. The highest BCUT2D eigenvalue weighted by molar-refractivity contribution is 5.24. The third-order valence-electron chi connectivity index (χ3n) is 12.2. The Kier molecular flexibility index (Phi) is 32.8. The molecule has 1 aliphatic carbocycles. The van der Waals surface area contributed by atoms with E-state index in [0.29, 0.717) is 35.2 Å². The lowest BCUT2D eigenvalue weighted by molar-refractivity contribution is -0.187. The summed E-state index contributed by atoms with van der Waals surface area (Å²) in [6, 6.07) is 16.3. The molecule has 67 heavy (non-hydrogen) atoms. The Bertz CT molecular complexity index is 1450. The van der Waals surface area contributed by atoms with E-state index in [1.54, 1.807) is 19.9 Å². The molecule has 8 rings (SSSR count). The number of aryl methyl sites for hydroxylation is 5. The van der Waals surface area contributed by atoms with E-state index in [1.807, 2.05) is 26.8 Å². The molecule has 4 atom stereocenters. The fourth-order valence-corrected chi connectivity index (χ4v) is 6.95. The Morgan fingerprint density at radius 2 is 0.627 bits per heavy atom. The van der Waals surface area contributed by atoms with E-state index >= 15 is 0 Å². The number of ether oxygens (including phenoxy) is 6. The minimum Gasteiger partial charge on any atom is -0.378 e. The summed E-state index contributed by atoms with van der Waals surface area (Å²) in [6.45, 7) is 37.8. The number of benzene rings is 3. The van der Waals surface area contributed by atoms with E-state index in [4.69, 9.17) is 28.4 Å². The number of rotatable bonds is 0. The molecule has 0 aromatic heterocycles. The van der Waals surface area contributed by atoms with Crippen molar-refractivity contribution < 1.29 is 41.6 Å². The van der Waals surface area contributed by atoms with Crippen molar-refractivity contribution in [2.75, 3.05) is 39.6 Å². The Hall–Kier alpha value is -2.79. The van der Waals surface area contributed by atoms with Gasteiger partial charge in [-0.2, -0.15) is 0 Å². The van der Waals surface area contributed by atoms with Gasteiger partial charge in [0.05, 0.1) is 38.6 Å². The van der Waals surface area contributed by atoms with Crippen LogP contribution < -0.4 is 0 Å². The molecule has 5 aliphatic rings. The van der Waals surface area contributed by atoms with Gasteiger partial charge < -0.3 is 28.4 Å². The highest BCUT2D eigenvalue weighted by Crippen LogP contribution is 2.27. The van der Waals surface area contributed by atoms with Crippen molar-refractivity contribution in [3.05, 3.63) is 105 Å². The van der Waals surface area contributed by atoms with Crippen LogP contribution in [0.25, 0.3) is 0 Å². The van der Waals surface area contributed by atoms with Gasteiger partial charge in [-0.3, -0.25) is 0 Å². The molecule has 384 valence electrons. The summed E-state index contributed by atoms with van der Waals surface area (Å²) in [7, 11) is 0. The van der Waals surface area contributed by atoms with Crippen LogP contribution in [0.1, 0.15) is 154 Å². The van der Waals surface area contributed by atoms with E-state index in [0.717, 1.165) is 68.9 Å². The van der Waals surface area contributed by atoms with E-state index in [9.17, 15) is 13.2 Å². The molecular formula is C58H95F3O6. The zero-order valence-corrected chi connectivity index (χ0v) is 45.0. The van der Waals surface area contributed by atoms with Gasteiger partial charge in [0.2, 0.25) is 0 Å². The number of hydrogen-bond donors (Lipinski definition) is 0. The second kappa shape index (κ2) is 35.3. The smallest absolute Gasteiger partial charge is 0.154 e. The second-order valence-corrected chi connectivity index (χ2v) is 20.5. The maximum absolute atomic E-state index is 12.6. The molecule has 0 spiro atoms. The average molecular weight is 945 g/mol. The van der Waals surface area contributed by atoms with Gasteiger partial charge in [0.1, 0.15) is 17.5 Å². The summed E-state index contributed by atoms with van der Waals surface area (Å²) >= 11 is 0. The number of hydrogen-bond acceptors (Lipinski definition) is 6. The predicted octanol–water partition coefficient (Wildman–Crippen LogP) is 15.8. The van der Waals surface area contributed by atoms with Crippen molar-refractivity contribution in [2.24, 2.45) is 35.5 Å². The van der Waals surface area contributed by atoms with Gasteiger partial charge in [-0.1, -0.05) is 115 Å². The first kappa shape index (κ1) is 62.2. The highest BCUT2D eigenvalue weighted by atomic mass is 19.1. The lowest BCUT2D eigenvalue weighted by Gasteiger charge is -2.24. The standard InChI is InChI=1S/C8H8F2.C8H9F.C8H16.C8H10.2C7H14O.2C6H12O2/c1-5-3-7(9)6(2)8(10)4-5;1-6-3-4-7(2)8(9)5-6;2*1-7-3-5-8(2)6-4-7;2*1-6-3-4-7(2)8-5-6;2*1-5-3-7-6(2)8-4-5/h3-4H,1-2H3;3-5H,1-2H3;7-8H,3-6H2,1-2H3;3-6H,1-2H3;2*6-7H,3-5H2,1-2H3;2*5-6H,3-4H2,1-2H3. The topological polar surface area (TPSA) is 55.4 Å². The SMILES string of the molecule is CC1CCC(C)CC1.CC1CCC(C)OC1.CC1CCC(C)OC1.CC1COC(C)OC1.CC1COC(C)OC1.Cc1cc(F)c(C)c(F)c1.Cc1ccc(C)c(F)c1.Cc1ccc(C)cc1. The summed E-state index contributed by atoms with van der Waals surface area (Å²) in [5.74, 6) is 3.72. The van der Waals surface area contributed by atoms with Gasteiger partial charge in [-0.15, -0.1) is 0 Å². The van der Waals surface area contributed by atoms with E-state index in [1.165, 1.54) is 87.6 Å². The summed E-state index contributed by atoms with van der Waals surface area (Å²) in [4.78, 5) is 0. The average Bonchev–Trinajstić information content (AvgIpc) is 3.29. The van der Waals surface area contributed by atoms with E-state index in [-0.39, 0.29) is 24.0 Å². The summed E-state index contributed by atoms with van der Waals surface area (Å²) in [5.41, 5.74) is 5.04.